The topological polar surface area (TPSA) is 102 Å². The number of esters is 1. The van der Waals surface area contributed by atoms with Crippen molar-refractivity contribution in [3.05, 3.63) is 59.4 Å². The van der Waals surface area contributed by atoms with E-state index >= 15 is 0 Å². The predicted octanol–water partition coefficient (Wildman–Crippen LogP) is 3.54. The number of carbonyl (C=O) groups excluding carboxylic acids is 2. The number of hydrogen-bond donors (Lipinski definition) is 2. The van der Waals surface area contributed by atoms with Crippen molar-refractivity contribution in [2.24, 2.45) is 0 Å². The van der Waals surface area contributed by atoms with E-state index in [9.17, 15) is 22.4 Å². The van der Waals surface area contributed by atoms with Gasteiger partial charge in [0.05, 0.1) is 11.5 Å². The molecular weight excluding hydrogens is 423 g/mol. The molecule has 0 bridgehead atoms. The maximum absolute atomic E-state index is 13.8. The quantitative estimate of drug-likeness (QED) is 0.631. The summed E-state index contributed by atoms with van der Waals surface area (Å²) < 4.78 is 46.5. The minimum Gasteiger partial charge on any atom is -0.464 e. The van der Waals surface area contributed by atoms with E-state index in [0.717, 1.165) is 18.9 Å². The fourth-order valence-electron chi connectivity index (χ4n) is 3.60. The van der Waals surface area contributed by atoms with Gasteiger partial charge in [-0.05, 0) is 62.6 Å². The molecule has 1 aliphatic carbocycles. The van der Waals surface area contributed by atoms with Crippen LogP contribution in [0.3, 0.4) is 0 Å². The second kappa shape index (κ2) is 9.05. The molecule has 2 aromatic rings. The van der Waals surface area contributed by atoms with Gasteiger partial charge >= 0.3 is 5.97 Å². The Morgan fingerprint density at radius 1 is 1.13 bits per heavy atom. The van der Waals surface area contributed by atoms with E-state index in [4.69, 9.17) is 4.74 Å². The van der Waals surface area contributed by atoms with Gasteiger partial charge in [-0.15, -0.1) is 0 Å². The van der Waals surface area contributed by atoms with Crippen molar-refractivity contribution in [1.82, 2.24) is 5.32 Å². The summed E-state index contributed by atoms with van der Waals surface area (Å²) in [7, 11) is -4.05. The lowest BCUT2D eigenvalue weighted by Crippen LogP contribution is -2.53. The summed E-state index contributed by atoms with van der Waals surface area (Å²) in [5.41, 5.74) is -0.404. The van der Waals surface area contributed by atoms with E-state index in [1.165, 1.54) is 43.3 Å². The van der Waals surface area contributed by atoms with Crippen LogP contribution in [0.2, 0.25) is 0 Å². The number of ether oxygens (including phenoxy) is 1. The first-order valence-corrected chi connectivity index (χ1v) is 11.5. The molecule has 0 aromatic heterocycles. The second-order valence-electron chi connectivity index (χ2n) is 7.56. The number of anilines is 1. The van der Waals surface area contributed by atoms with Crippen molar-refractivity contribution < 1.29 is 27.1 Å². The van der Waals surface area contributed by atoms with Gasteiger partial charge in [0, 0.05) is 11.3 Å². The average molecular weight is 449 g/mol. The number of benzene rings is 2. The molecule has 1 fully saturated rings. The molecular formula is C22H25FN2O5S. The Hall–Kier alpha value is -2.94. The molecule has 0 aliphatic heterocycles. The van der Waals surface area contributed by atoms with Gasteiger partial charge in [0.25, 0.3) is 15.9 Å². The molecule has 9 heteroatoms. The van der Waals surface area contributed by atoms with Gasteiger partial charge in [0.1, 0.15) is 11.4 Å². The van der Waals surface area contributed by atoms with Crippen molar-refractivity contribution in [3.8, 4) is 0 Å². The third kappa shape index (κ3) is 5.04. The van der Waals surface area contributed by atoms with Crippen LogP contribution >= 0.6 is 0 Å². The lowest BCUT2D eigenvalue weighted by molar-refractivity contribution is -0.150. The summed E-state index contributed by atoms with van der Waals surface area (Å²) in [6.45, 7) is 3.46. The minimum absolute atomic E-state index is 0.144. The fourth-order valence-corrected chi connectivity index (χ4v) is 4.66. The van der Waals surface area contributed by atoms with E-state index in [1.807, 2.05) is 0 Å². The fraction of sp³-hybridized carbons (Fsp3) is 0.364. The molecule has 1 aliphatic rings. The zero-order valence-electron chi connectivity index (χ0n) is 17.4. The smallest absolute Gasteiger partial charge is 0.331 e. The lowest BCUT2D eigenvalue weighted by atomic mass is 9.97. The van der Waals surface area contributed by atoms with Crippen LogP contribution in [0.25, 0.3) is 0 Å². The zero-order valence-corrected chi connectivity index (χ0v) is 18.2. The SMILES string of the molecule is CCOC(=O)C1(NC(=O)c2cccc(NS(=O)(=O)c3ccc(C)c(F)c3)c2)CCCC1. The number of amides is 1. The molecule has 0 atom stereocenters. The van der Waals surface area contributed by atoms with Gasteiger partial charge in [-0.3, -0.25) is 9.52 Å². The number of hydrogen-bond acceptors (Lipinski definition) is 5. The van der Waals surface area contributed by atoms with Crippen LogP contribution in [0, 0.1) is 12.7 Å². The van der Waals surface area contributed by atoms with Crippen LogP contribution in [0.4, 0.5) is 10.1 Å². The van der Waals surface area contributed by atoms with Crippen LogP contribution < -0.4 is 10.0 Å². The number of carbonyl (C=O) groups is 2. The lowest BCUT2D eigenvalue weighted by Gasteiger charge is -2.27. The van der Waals surface area contributed by atoms with Gasteiger partial charge in [-0.25, -0.2) is 17.6 Å². The first-order valence-electron chi connectivity index (χ1n) is 10.1. The molecule has 166 valence electrons. The van der Waals surface area contributed by atoms with Crippen LogP contribution in [-0.2, 0) is 19.6 Å². The first kappa shape index (κ1) is 22.7. The highest BCUT2D eigenvalue weighted by molar-refractivity contribution is 7.92. The number of halogens is 1. The highest BCUT2D eigenvalue weighted by atomic mass is 32.2. The number of sulfonamides is 1. The maximum atomic E-state index is 13.8. The van der Waals surface area contributed by atoms with Crippen molar-refractivity contribution in [3.63, 3.8) is 0 Å². The summed E-state index contributed by atoms with van der Waals surface area (Å²) in [5, 5.41) is 2.79. The van der Waals surface area contributed by atoms with E-state index < -0.39 is 33.3 Å². The largest absolute Gasteiger partial charge is 0.464 e. The molecule has 0 spiro atoms. The minimum atomic E-state index is -4.05. The molecule has 2 aromatic carbocycles. The molecule has 3 rings (SSSR count). The predicted molar refractivity (Wildman–Crippen MR) is 114 cm³/mol. The standard InChI is InChI=1S/C22H25FN2O5S/c1-3-30-21(27)22(11-4-5-12-22)24-20(26)16-7-6-8-17(13-16)25-31(28,29)18-10-9-15(2)19(23)14-18/h6-10,13-14,25H,3-5,11-12H2,1-2H3,(H,24,26). The number of aryl methyl sites for hydroxylation is 1. The van der Waals surface area contributed by atoms with Crippen LogP contribution in [0.15, 0.2) is 47.4 Å². The number of rotatable bonds is 7. The Kier molecular flexibility index (Phi) is 6.64. The highest BCUT2D eigenvalue weighted by Crippen LogP contribution is 2.31. The summed E-state index contributed by atoms with van der Waals surface area (Å²) in [4.78, 5) is 25.1. The normalized spacial score (nSPS) is 15.3. The molecule has 0 radical (unpaired) electrons. The molecule has 2 N–H and O–H groups in total. The molecule has 0 heterocycles. The van der Waals surface area contributed by atoms with Gasteiger partial charge < -0.3 is 10.1 Å². The van der Waals surface area contributed by atoms with Gasteiger partial charge in [0.2, 0.25) is 0 Å². The van der Waals surface area contributed by atoms with E-state index in [0.29, 0.717) is 18.4 Å². The summed E-state index contributed by atoms with van der Waals surface area (Å²) in [5.74, 6) is -1.59. The Labute approximate surface area is 181 Å². The van der Waals surface area contributed by atoms with Crippen molar-refractivity contribution in [2.75, 3.05) is 11.3 Å². The molecule has 31 heavy (non-hydrogen) atoms. The average Bonchev–Trinajstić information content (AvgIpc) is 3.20. The van der Waals surface area contributed by atoms with E-state index in [2.05, 4.69) is 10.0 Å². The maximum Gasteiger partial charge on any atom is 0.331 e. The highest BCUT2D eigenvalue weighted by Gasteiger charge is 2.44. The molecule has 1 amide bonds. The van der Waals surface area contributed by atoms with Gasteiger partial charge in [-0.2, -0.15) is 0 Å². The zero-order chi connectivity index (χ0) is 22.6. The Bertz CT molecular complexity index is 1090. The Morgan fingerprint density at radius 3 is 2.48 bits per heavy atom. The molecule has 0 saturated heterocycles. The summed E-state index contributed by atoms with van der Waals surface area (Å²) >= 11 is 0. The van der Waals surface area contributed by atoms with Gasteiger partial charge in [0.15, 0.2) is 0 Å². The monoisotopic (exact) mass is 448 g/mol. The van der Waals surface area contributed by atoms with Crippen molar-refractivity contribution in [1.29, 1.82) is 0 Å². The third-order valence-electron chi connectivity index (χ3n) is 5.31. The van der Waals surface area contributed by atoms with E-state index in [-0.39, 0.29) is 22.8 Å². The Morgan fingerprint density at radius 2 is 1.84 bits per heavy atom. The van der Waals surface area contributed by atoms with Crippen LogP contribution in [-0.4, -0.2) is 32.4 Å². The molecule has 7 nitrogen and oxygen atoms in total. The second-order valence-corrected chi connectivity index (χ2v) is 9.24. The number of nitrogens with one attached hydrogen (secondary N) is 2. The van der Waals surface area contributed by atoms with Gasteiger partial charge in [-0.1, -0.05) is 25.0 Å². The summed E-state index contributed by atoms with van der Waals surface area (Å²) in [6, 6.07) is 9.52. The molecule has 0 unspecified atom stereocenters. The third-order valence-corrected chi connectivity index (χ3v) is 6.69. The molecule has 1 saturated carbocycles. The van der Waals surface area contributed by atoms with Crippen LogP contribution in [0.1, 0.15) is 48.5 Å². The Balaban J connectivity index is 1.80. The summed E-state index contributed by atoms with van der Waals surface area (Å²) in [6.07, 6.45) is 2.57. The van der Waals surface area contributed by atoms with Crippen LogP contribution in [0.5, 0.6) is 0 Å². The van der Waals surface area contributed by atoms with Crippen molar-refractivity contribution in [2.45, 2.75) is 50.0 Å². The first-order chi connectivity index (χ1) is 14.7. The van der Waals surface area contributed by atoms with E-state index in [1.54, 1.807) is 6.92 Å². The van der Waals surface area contributed by atoms with Crippen molar-refractivity contribution >= 4 is 27.6 Å².